The van der Waals surface area contributed by atoms with E-state index in [2.05, 4.69) is 21.2 Å². The Morgan fingerprint density at radius 2 is 2.08 bits per heavy atom. The summed E-state index contributed by atoms with van der Waals surface area (Å²) < 4.78 is 10.6. The molecule has 1 aromatic carbocycles. The third kappa shape index (κ3) is 4.45. The zero-order chi connectivity index (χ0) is 17.6. The lowest BCUT2D eigenvalue weighted by Crippen LogP contribution is -2.48. The molecule has 2 heterocycles. The monoisotopic (exact) mass is 365 g/mol. The molecule has 6 nitrogen and oxygen atoms in total. The second-order valence-corrected chi connectivity index (χ2v) is 6.28. The van der Waals surface area contributed by atoms with E-state index in [1.165, 1.54) is 0 Å². The second-order valence-electron chi connectivity index (χ2n) is 6.02. The van der Waals surface area contributed by atoms with E-state index in [1.54, 1.807) is 13.0 Å². The van der Waals surface area contributed by atoms with E-state index in [1.807, 2.05) is 12.1 Å². The Morgan fingerprint density at radius 3 is 2.80 bits per heavy atom. The van der Waals surface area contributed by atoms with Crippen LogP contribution in [0.5, 0.6) is 0 Å². The number of carbonyl (C=O) groups is 1. The van der Waals surface area contributed by atoms with E-state index in [9.17, 15) is 4.79 Å². The summed E-state index contributed by atoms with van der Waals surface area (Å²) in [6.45, 7) is 8.08. The van der Waals surface area contributed by atoms with Gasteiger partial charge in [-0.15, -0.1) is 11.6 Å². The lowest BCUT2D eigenvalue weighted by Gasteiger charge is -2.36. The number of halogens is 1. The van der Waals surface area contributed by atoms with Gasteiger partial charge in [-0.2, -0.15) is 0 Å². The summed E-state index contributed by atoms with van der Waals surface area (Å²) in [5.41, 5.74) is 1.86. The second kappa shape index (κ2) is 8.56. The number of anilines is 1. The smallest absolute Gasteiger partial charge is 0.374 e. The van der Waals surface area contributed by atoms with E-state index >= 15 is 0 Å². The van der Waals surface area contributed by atoms with E-state index in [4.69, 9.17) is 20.8 Å². The zero-order valence-electron chi connectivity index (χ0n) is 14.5. The molecule has 1 aromatic heterocycles. The van der Waals surface area contributed by atoms with Gasteiger partial charge in [0.25, 0.3) is 0 Å². The number of carbonyl (C=O) groups excluding carboxylic acids is 1. The van der Waals surface area contributed by atoms with Crippen molar-refractivity contribution < 1.29 is 13.9 Å². The average molecular weight is 366 g/mol. The Bertz CT molecular complexity index is 711. The minimum atomic E-state index is -0.417. The van der Waals surface area contributed by atoms with Gasteiger partial charge >= 0.3 is 5.97 Å². The highest BCUT2D eigenvalue weighted by Crippen LogP contribution is 2.26. The van der Waals surface area contributed by atoms with Gasteiger partial charge in [-0.05, 0) is 31.2 Å². The van der Waals surface area contributed by atoms with Crippen molar-refractivity contribution in [2.75, 3.05) is 56.8 Å². The van der Waals surface area contributed by atoms with Gasteiger partial charge in [-0.1, -0.05) is 0 Å². The minimum absolute atomic E-state index is 0.255. The lowest BCUT2D eigenvalue weighted by atomic mass is 10.2. The summed E-state index contributed by atoms with van der Waals surface area (Å²) in [5, 5.41) is 4.07. The number of rotatable bonds is 7. The summed E-state index contributed by atoms with van der Waals surface area (Å²) in [7, 11) is 0. The molecular weight excluding hydrogens is 342 g/mol. The average Bonchev–Trinajstić information content (AvgIpc) is 3.06. The van der Waals surface area contributed by atoms with Gasteiger partial charge < -0.3 is 19.4 Å². The van der Waals surface area contributed by atoms with Crippen LogP contribution >= 0.6 is 11.6 Å². The molecule has 1 aliphatic heterocycles. The number of fused-ring (bicyclic) bond motifs is 1. The highest BCUT2D eigenvalue weighted by Gasteiger charge is 2.18. The molecule has 0 radical (unpaired) electrons. The SMILES string of the molecule is CCOC(=O)c1cc2cc(N3CCN(CCNCCl)CC3)ccc2o1. The zero-order valence-corrected chi connectivity index (χ0v) is 15.2. The standard InChI is InChI=1S/C18H24ClN3O3/c1-2-24-18(23)17-12-14-11-15(3-4-16(14)25-17)22-9-7-21(8-10-22)6-5-20-13-19/h3-4,11-12,20H,2,5-10,13H2,1H3. The number of hydrogen-bond donors (Lipinski definition) is 1. The number of nitrogens with zero attached hydrogens (tertiary/aromatic N) is 2. The van der Waals surface area contributed by atoms with E-state index in [0.29, 0.717) is 18.2 Å². The van der Waals surface area contributed by atoms with Crippen LogP contribution in [0.15, 0.2) is 28.7 Å². The molecule has 0 spiro atoms. The third-order valence-electron chi connectivity index (χ3n) is 4.41. The van der Waals surface area contributed by atoms with Crippen molar-refractivity contribution in [3.63, 3.8) is 0 Å². The topological polar surface area (TPSA) is 58.0 Å². The number of nitrogens with one attached hydrogen (secondary N) is 1. The normalized spacial score (nSPS) is 15.7. The van der Waals surface area contributed by atoms with Crippen LogP contribution in [-0.2, 0) is 4.74 Å². The molecule has 25 heavy (non-hydrogen) atoms. The molecule has 1 N–H and O–H groups in total. The number of ether oxygens (including phenoxy) is 1. The van der Waals surface area contributed by atoms with Crippen LogP contribution in [0.25, 0.3) is 11.0 Å². The fraction of sp³-hybridized carbons (Fsp3) is 0.500. The molecule has 0 unspecified atom stereocenters. The van der Waals surface area contributed by atoms with Gasteiger partial charge in [0, 0.05) is 50.3 Å². The van der Waals surface area contributed by atoms with Crippen molar-refractivity contribution in [2.45, 2.75) is 6.92 Å². The molecule has 2 aromatic rings. The maximum atomic E-state index is 11.8. The Kier molecular flexibility index (Phi) is 6.18. The lowest BCUT2D eigenvalue weighted by molar-refractivity contribution is 0.0492. The van der Waals surface area contributed by atoms with Crippen LogP contribution in [0.1, 0.15) is 17.5 Å². The van der Waals surface area contributed by atoms with E-state index < -0.39 is 5.97 Å². The summed E-state index contributed by atoms with van der Waals surface area (Å²) >= 11 is 5.63. The molecular formula is C18H24ClN3O3. The summed E-state index contributed by atoms with van der Waals surface area (Å²) in [6.07, 6.45) is 0. The fourth-order valence-corrected chi connectivity index (χ4v) is 3.20. The Labute approximate surface area is 152 Å². The quantitative estimate of drug-likeness (QED) is 0.352. The molecule has 0 saturated carbocycles. The molecule has 7 heteroatoms. The van der Waals surface area contributed by atoms with Crippen molar-refractivity contribution >= 4 is 34.2 Å². The van der Waals surface area contributed by atoms with Crippen LogP contribution in [-0.4, -0.2) is 62.7 Å². The van der Waals surface area contributed by atoms with Gasteiger partial charge in [0.15, 0.2) is 0 Å². The fourth-order valence-electron chi connectivity index (χ4n) is 3.06. The van der Waals surface area contributed by atoms with Crippen LogP contribution < -0.4 is 10.2 Å². The number of esters is 1. The Hall–Kier alpha value is -1.76. The summed E-state index contributed by atoms with van der Waals surface area (Å²) in [4.78, 5) is 16.6. The van der Waals surface area contributed by atoms with Crippen LogP contribution in [0.4, 0.5) is 5.69 Å². The molecule has 1 saturated heterocycles. The van der Waals surface area contributed by atoms with Crippen molar-refractivity contribution in [1.82, 2.24) is 10.2 Å². The van der Waals surface area contributed by atoms with E-state index in [-0.39, 0.29) is 5.76 Å². The van der Waals surface area contributed by atoms with Gasteiger partial charge in [0.05, 0.1) is 12.6 Å². The van der Waals surface area contributed by atoms with Crippen molar-refractivity contribution in [1.29, 1.82) is 0 Å². The van der Waals surface area contributed by atoms with Crippen LogP contribution in [0, 0.1) is 0 Å². The highest BCUT2D eigenvalue weighted by atomic mass is 35.5. The minimum Gasteiger partial charge on any atom is -0.460 e. The molecule has 136 valence electrons. The first kappa shape index (κ1) is 18.0. The van der Waals surface area contributed by atoms with Gasteiger partial charge in [0.2, 0.25) is 5.76 Å². The van der Waals surface area contributed by atoms with E-state index in [0.717, 1.165) is 50.3 Å². The first-order valence-corrected chi connectivity index (χ1v) is 9.19. The molecule has 0 amide bonds. The van der Waals surface area contributed by atoms with Gasteiger partial charge in [-0.25, -0.2) is 4.79 Å². The summed E-state index contributed by atoms with van der Waals surface area (Å²) in [5.74, 6) is -0.162. The van der Waals surface area contributed by atoms with Gasteiger partial charge in [-0.3, -0.25) is 4.90 Å². The highest BCUT2D eigenvalue weighted by molar-refractivity contribution is 6.17. The number of hydrogen-bond acceptors (Lipinski definition) is 6. The maximum absolute atomic E-state index is 11.8. The number of piperazine rings is 1. The van der Waals surface area contributed by atoms with Crippen LogP contribution in [0.2, 0.25) is 0 Å². The van der Waals surface area contributed by atoms with Crippen molar-refractivity contribution in [2.24, 2.45) is 0 Å². The molecule has 1 aliphatic rings. The van der Waals surface area contributed by atoms with Crippen LogP contribution in [0.3, 0.4) is 0 Å². The number of furan rings is 1. The molecule has 3 rings (SSSR count). The van der Waals surface area contributed by atoms with Gasteiger partial charge in [0.1, 0.15) is 5.58 Å². The molecule has 0 bridgehead atoms. The third-order valence-corrected chi connectivity index (χ3v) is 4.60. The molecule has 0 atom stereocenters. The molecule has 0 aliphatic carbocycles. The predicted octanol–water partition coefficient (Wildman–Crippen LogP) is 2.52. The number of alkyl halides is 1. The predicted molar refractivity (Wildman–Crippen MR) is 99.5 cm³/mol. The molecule has 1 fully saturated rings. The van der Waals surface area contributed by atoms with Crippen molar-refractivity contribution in [3.8, 4) is 0 Å². The largest absolute Gasteiger partial charge is 0.460 e. The first-order valence-electron chi connectivity index (χ1n) is 8.66. The maximum Gasteiger partial charge on any atom is 0.374 e. The number of benzene rings is 1. The summed E-state index contributed by atoms with van der Waals surface area (Å²) in [6, 6.07) is 8.30. The first-order chi connectivity index (χ1) is 12.2. The Balaban J connectivity index is 1.63. The Morgan fingerprint density at radius 1 is 1.28 bits per heavy atom. The van der Waals surface area contributed by atoms with Crippen molar-refractivity contribution in [3.05, 3.63) is 30.0 Å².